The minimum atomic E-state index is -0.984. The van der Waals surface area contributed by atoms with Crippen molar-refractivity contribution in [2.45, 2.75) is 6.04 Å². The van der Waals surface area contributed by atoms with E-state index >= 15 is 0 Å². The van der Waals surface area contributed by atoms with E-state index in [2.05, 4.69) is 11.8 Å². The van der Waals surface area contributed by atoms with E-state index in [4.69, 9.17) is 10.8 Å². The van der Waals surface area contributed by atoms with Crippen molar-refractivity contribution in [3.8, 4) is 0 Å². The largest absolute Gasteiger partial charge is 0.480 e. The van der Waals surface area contributed by atoms with Crippen LogP contribution in [0.5, 0.6) is 0 Å². The Morgan fingerprint density at radius 2 is 2.50 bits per heavy atom. The van der Waals surface area contributed by atoms with Crippen LogP contribution < -0.4 is 5.73 Å². The van der Waals surface area contributed by atoms with Gasteiger partial charge in [-0.25, -0.2) is 0 Å². The standard InChI is InChI=1S/C3H6NO2PS/c4-2(1-7-8)3(5)6/h2H,1,4H2,(H,5,6)/t2-/m1/s1. The fraction of sp³-hybridized carbons (Fsp3) is 0.667. The molecule has 0 saturated heterocycles. The van der Waals surface area contributed by atoms with E-state index in [0.29, 0.717) is 13.5 Å². The van der Waals surface area contributed by atoms with Crippen LogP contribution in [-0.4, -0.2) is 23.3 Å². The number of hydrogen-bond donors (Lipinski definition) is 2. The summed E-state index contributed by atoms with van der Waals surface area (Å²) in [4.78, 5) is 9.91. The lowest BCUT2D eigenvalue weighted by Crippen LogP contribution is -2.31. The summed E-state index contributed by atoms with van der Waals surface area (Å²) in [7, 11) is 0.612. The average Bonchev–Trinajstić information content (AvgIpc) is 1.67. The monoisotopic (exact) mass is 151 g/mol. The molecule has 46 valence electrons. The van der Waals surface area contributed by atoms with Gasteiger partial charge < -0.3 is 10.8 Å². The predicted octanol–water partition coefficient (Wildman–Crippen LogP) is -0.194. The molecule has 0 heterocycles. The molecule has 0 amide bonds. The molecule has 0 radical (unpaired) electrons. The van der Waals surface area contributed by atoms with Gasteiger partial charge >= 0.3 is 5.97 Å². The molecule has 0 aromatic carbocycles. The Balaban J connectivity index is 3.46. The number of hydrogen-bond acceptors (Lipinski definition) is 3. The van der Waals surface area contributed by atoms with Crippen molar-refractivity contribution in [3.63, 3.8) is 0 Å². The normalized spacial score (nSPS) is 13.6. The number of aliphatic carboxylic acids is 1. The molecule has 0 aromatic heterocycles. The number of carbonyl (C=O) groups is 1. The van der Waals surface area contributed by atoms with Crippen LogP contribution in [0.25, 0.3) is 0 Å². The van der Waals surface area contributed by atoms with Crippen molar-refractivity contribution >= 4 is 25.1 Å². The van der Waals surface area contributed by atoms with Gasteiger partial charge in [-0.15, -0.1) is 0 Å². The molecule has 0 aliphatic rings. The van der Waals surface area contributed by atoms with Gasteiger partial charge in [-0.1, -0.05) is 11.8 Å². The summed E-state index contributed by atoms with van der Waals surface area (Å²) in [5, 5.41) is 8.14. The van der Waals surface area contributed by atoms with Crippen LogP contribution in [0.1, 0.15) is 0 Å². The lowest BCUT2D eigenvalue weighted by molar-refractivity contribution is -0.137. The summed E-state index contributed by atoms with van der Waals surface area (Å²) < 4.78 is 0. The number of rotatable bonds is 3. The van der Waals surface area contributed by atoms with E-state index in [1.165, 1.54) is 0 Å². The summed E-state index contributed by atoms with van der Waals surface area (Å²) in [6.07, 6.45) is 0.352. The smallest absolute Gasteiger partial charge is 0.321 e. The van der Waals surface area contributed by atoms with Crippen LogP contribution in [0.15, 0.2) is 0 Å². The number of carboxylic acids is 1. The zero-order valence-corrected chi connectivity index (χ0v) is 5.78. The minimum Gasteiger partial charge on any atom is -0.480 e. The quantitative estimate of drug-likeness (QED) is 0.548. The Morgan fingerprint density at radius 3 is 2.62 bits per heavy atom. The fourth-order valence-corrected chi connectivity index (χ4v) is 0.957. The molecule has 0 aliphatic heterocycles. The van der Waals surface area contributed by atoms with Gasteiger partial charge in [-0.05, 0) is 7.36 Å². The maximum Gasteiger partial charge on any atom is 0.321 e. The van der Waals surface area contributed by atoms with Gasteiger partial charge in [0.2, 0.25) is 0 Å². The van der Waals surface area contributed by atoms with Crippen molar-refractivity contribution in [1.29, 1.82) is 0 Å². The summed E-state index contributed by atoms with van der Waals surface area (Å²) in [6, 6.07) is -0.783. The third-order valence-electron chi connectivity index (χ3n) is 0.588. The summed E-state index contributed by atoms with van der Waals surface area (Å²) in [6.45, 7) is 0. The molecule has 0 aliphatic carbocycles. The Labute approximate surface area is 53.7 Å². The summed E-state index contributed by atoms with van der Waals surface area (Å²) >= 11 is 4.48. The molecule has 5 heteroatoms. The summed E-state index contributed by atoms with van der Waals surface area (Å²) in [5.41, 5.74) is 5.05. The van der Waals surface area contributed by atoms with Gasteiger partial charge in [0.1, 0.15) is 6.04 Å². The second-order valence-electron chi connectivity index (χ2n) is 1.26. The SMILES string of the molecule is N[C@H](CP=S)C(=O)O. The van der Waals surface area contributed by atoms with Gasteiger partial charge in [-0.2, -0.15) is 0 Å². The zero-order valence-electron chi connectivity index (χ0n) is 4.07. The van der Waals surface area contributed by atoms with E-state index in [9.17, 15) is 4.79 Å². The van der Waals surface area contributed by atoms with Crippen LogP contribution in [0.4, 0.5) is 0 Å². The van der Waals surface area contributed by atoms with Crippen molar-refractivity contribution in [2.75, 3.05) is 6.16 Å². The van der Waals surface area contributed by atoms with Crippen molar-refractivity contribution in [1.82, 2.24) is 0 Å². The molecule has 0 bridgehead atoms. The Kier molecular flexibility index (Phi) is 3.87. The molecule has 1 atom stereocenters. The Bertz CT molecular complexity index is 107. The highest BCUT2D eigenvalue weighted by molar-refractivity contribution is 7.96. The molecule has 8 heavy (non-hydrogen) atoms. The number of nitrogens with two attached hydrogens (primary N) is 1. The van der Waals surface area contributed by atoms with Crippen LogP contribution in [0.3, 0.4) is 0 Å². The van der Waals surface area contributed by atoms with Gasteiger partial charge in [0, 0.05) is 6.16 Å². The molecular weight excluding hydrogens is 145 g/mol. The van der Waals surface area contributed by atoms with E-state index in [-0.39, 0.29) is 0 Å². The van der Waals surface area contributed by atoms with Crippen LogP contribution in [-0.2, 0) is 16.6 Å². The van der Waals surface area contributed by atoms with Crippen LogP contribution >= 0.6 is 7.36 Å². The fourth-order valence-electron chi connectivity index (χ4n) is 0.158. The first-order valence-corrected chi connectivity index (χ1v) is 4.05. The molecule has 0 rings (SSSR count). The molecule has 0 fully saturated rings. The third kappa shape index (κ3) is 3.02. The molecule has 0 saturated carbocycles. The molecule has 3 nitrogen and oxygen atoms in total. The molecule has 0 spiro atoms. The predicted molar refractivity (Wildman–Crippen MR) is 34.8 cm³/mol. The van der Waals surface area contributed by atoms with Gasteiger partial charge in [0.05, 0.1) is 0 Å². The Morgan fingerprint density at radius 1 is 2.00 bits per heavy atom. The summed E-state index contributed by atoms with van der Waals surface area (Å²) in [5.74, 6) is -0.984. The van der Waals surface area contributed by atoms with Gasteiger partial charge in [0.25, 0.3) is 0 Å². The molecule has 0 aromatic rings. The number of carboxylic acid groups (broad SMARTS) is 1. The van der Waals surface area contributed by atoms with E-state index in [1.54, 1.807) is 0 Å². The third-order valence-corrected chi connectivity index (χ3v) is 1.58. The van der Waals surface area contributed by atoms with Gasteiger partial charge in [0.15, 0.2) is 0 Å². The molecule has 0 unspecified atom stereocenters. The first-order valence-electron chi connectivity index (χ1n) is 1.96. The highest BCUT2D eigenvalue weighted by Gasteiger charge is 2.07. The second kappa shape index (κ2) is 3.89. The highest BCUT2D eigenvalue weighted by atomic mass is 32.4. The van der Waals surface area contributed by atoms with E-state index in [0.717, 1.165) is 0 Å². The molecular formula is C3H6NO2PS. The Hall–Kier alpha value is -0.0500. The van der Waals surface area contributed by atoms with E-state index in [1.807, 2.05) is 0 Å². The van der Waals surface area contributed by atoms with Gasteiger partial charge in [-0.3, -0.25) is 4.79 Å². The van der Waals surface area contributed by atoms with E-state index < -0.39 is 12.0 Å². The highest BCUT2D eigenvalue weighted by Crippen LogP contribution is 1.93. The second-order valence-corrected chi connectivity index (χ2v) is 2.65. The first-order chi connectivity index (χ1) is 3.68. The van der Waals surface area contributed by atoms with Crippen LogP contribution in [0.2, 0.25) is 0 Å². The first kappa shape index (κ1) is 7.95. The van der Waals surface area contributed by atoms with Crippen LogP contribution in [0, 0.1) is 0 Å². The lowest BCUT2D eigenvalue weighted by Gasteiger charge is -1.97. The maximum atomic E-state index is 9.91. The van der Waals surface area contributed by atoms with Crippen molar-refractivity contribution in [2.24, 2.45) is 5.73 Å². The zero-order chi connectivity index (χ0) is 6.57. The lowest BCUT2D eigenvalue weighted by atomic mass is 10.4. The van der Waals surface area contributed by atoms with Crippen molar-refractivity contribution in [3.05, 3.63) is 0 Å². The minimum absolute atomic E-state index is 0.352. The average molecular weight is 151 g/mol. The topological polar surface area (TPSA) is 63.3 Å². The van der Waals surface area contributed by atoms with Crippen molar-refractivity contribution < 1.29 is 9.90 Å². The molecule has 3 N–H and O–H groups in total. The maximum absolute atomic E-state index is 9.91.